The number of carbonyl (C=O) groups is 1. The molecule has 164 valence electrons. The van der Waals surface area contributed by atoms with Crippen LogP contribution in [0.4, 0.5) is 4.39 Å². The van der Waals surface area contributed by atoms with E-state index in [1.807, 2.05) is 0 Å². The van der Waals surface area contributed by atoms with Crippen LogP contribution in [-0.4, -0.2) is 16.9 Å². The molecule has 30 heavy (non-hydrogen) atoms. The van der Waals surface area contributed by atoms with E-state index in [1.54, 1.807) is 30.5 Å². The summed E-state index contributed by atoms with van der Waals surface area (Å²) in [6, 6.07) is 9.63. The number of hydrogen-bond acceptors (Lipinski definition) is 4. The van der Waals surface area contributed by atoms with Gasteiger partial charge in [0.05, 0.1) is 12.2 Å². The van der Waals surface area contributed by atoms with Gasteiger partial charge in [0.25, 0.3) is 0 Å². The van der Waals surface area contributed by atoms with Gasteiger partial charge < -0.3 is 15.8 Å². The van der Waals surface area contributed by atoms with Crippen LogP contribution in [0.15, 0.2) is 42.6 Å². The van der Waals surface area contributed by atoms with Crippen molar-refractivity contribution in [3.63, 3.8) is 0 Å². The normalized spacial score (nSPS) is 24.7. The Morgan fingerprint density at radius 1 is 1.10 bits per heavy atom. The smallest absolute Gasteiger partial charge is 0.223 e. The van der Waals surface area contributed by atoms with Crippen LogP contribution in [0.3, 0.4) is 0 Å². The zero-order chi connectivity index (χ0) is 19.5. The van der Waals surface area contributed by atoms with Gasteiger partial charge >= 0.3 is 0 Å². The Bertz CT molecular complexity index is 823. The van der Waals surface area contributed by atoms with Gasteiger partial charge in [-0.1, -0.05) is 6.42 Å². The van der Waals surface area contributed by atoms with Gasteiger partial charge in [-0.2, -0.15) is 0 Å². The number of nitrogens with zero attached hydrogens (tertiary/aromatic N) is 1. The Morgan fingerprint density at radius 2 is 1.77 bits per heavy atom. The number of carbonyl (C=O) groups excluding carboxylic acids is 1. The first-order valence-electron chi connectivity index (χ1n) is 10.00. The van der Waals surface area contributed by atoms with Crippen LogP contribution >= 0.6 is 24.8 Å². The summed E-state index contributed by atoms with van der Waals surface area (Å²) < 4.78 is 18.7. The van der Waals surface area contributed by atoms with E-state index in [-0.39, 0.29) is 48.5 Å². The fraction of sp³-hybridized carbons (Fsp3) is 0.455. The molecule has 2 bridgehead atoms. The molecule has 0 saturated heterocycles. The summed E-state index contributed by atoms with van der Waals surface area (Å²) in [5, 5.41) is 3.02. The number of benzene rings is 1. The molecule has 1 heterocycles. The fourth-order valence-corrected chi connectivity index (χ4v) is 4.58. The van der Waals surface area contributed by atoms with Crippen LogP contribution in [0.5, 0.6) is 11.5 Å². The number of fused-ring (bicyclic) bond motifs is 2. The first kappa shape index (κ1) is 24.4. The van der Waals surface area contributed by atoms with Gasteiger partial charge in [0.1, 0.15) is 17.3 Å². The molecule has 2 fully saturated rings. The molecule has 0 spiro atoms. The minimum absolute atomic E-state index is 0. The number of aromatic nitrogens is 1. The molecule has 1 aromatic heterocycles. The van der Waals surface area contributed by atoms with E-state index >= 15 is 0 Å². The van der Waals surface area contributed by atoms with Crippen molar-refractivity contribution in [3.05, 3.63) is 54.1 Å². The van der Waals surface area contributed by atoms with Crippen molar-refractivity contribution in [1.82, 2.24) is 10.3 Å². The number of amides is 1. The highest BCUT2D eigenvalue weighted by molar-refractivity contribution is 5.85. The van der Waals surface area contributed by atoms with Gasteiger partial charge in [-0.25, -0.2) is 4.39 Å². The Kier molecular flexibility index (Phi) is 8.89. The molecule has 4 rings (SSSR count). The highest BCUT2D eigenvalue weighted by atomic mass is 35.5. The van der Waals surface area contributed by atoms with E-state index in [2.05, 4.69) is 10.3 Å². The zero-order valence-electron chi connectivity index (χ0n) is 16.6. The van der Waals surface area contributed by atoms with Crippen LogP contribution in [-0.2, 0) is 11.3 Å². The second-order valence-corrected chi connectivity index (χ2v) is 7.95. The van der Waals surface area contributed by atoms with Crippen LogP contribution in [0, 0.1) is 23.6 Å². The molecule has 2 aliphatic carbocycles. The molecule has 2 unspecified atom stereocenters. The lowest BCUT2D eigenvalue weighted by molar-refractivity contribution is -0.128. The lowest BCUT2D eigenvalue weighted by Gasteiger charge is -2.43. The standard InChI is InChI=1S/C22H26FN3O2.2ClH/c23-17-4-6-19(7-5-17)28-20-8-9-25-18(12-20)13-26-22(27)16-10-14-2-1-3-15(11-16)21(14)24;;/h4-9,12,14-16,21H,1-3,10-11,13,24H2,(H,26,27);2*1H. The SMILES string of the molecule is Cl.Cl.NC1C2CCCC1CC(C(=O)NCc1cc(Oc3ccc(F)cc3)ccn1)C2. The third kappa shape index (κ3) is 5.84. The van der Waals surface area contributed by atoms with Crippen molar-refractivity contribution in [2.24, 2.45) is 23.5 Å². The summed E-state index contributed by atoms with van der Waals surface area (Å²) in [4.78, 5) is 17.0. The molecule has 2 atom stereocenters. The number of nitrogens with two attached hydrogens (primary N) is 1. The van der Waals surface area contributed by atoms with Gasteiger partial charge in [0.2, 0.25) is 5.91 Å². The fourth-order valence-electron chi connectivity index (χ4n) is 4.58. The Balaban J connectivity index is 0.00000160. The minimum Gasteiger partial charge on any atom is -0.457 e. The maximum Gasteiger partial charge on any atom is 0.223 e. The number of ether oxygens (including phenoxy) is 1. The molecular formula is C22H28Cl2FN3O2. The average Bonchev–Trinajstić information content (AvgIpc) is 2.68. The molecule has 0 radical (unpaired) electrons. The largest absolute Gasteiger partial charge is 0.457 e. The van der Waals surface area contributed by atoms with Crippen molar-refractivity contribution in [1.29, 1.82) is 0 Å². The molecule has 2 aromatic rings. The third-order valence-corrected chi connectivity index (χ3v) is 6.06. The molecule has 5 nitrogen and oxygen atoms in total. The van der Waals surface area contributed by atoms with Gasteiger partial charge in [-0.05, 0) is 67.9 Å². The monoisotopic (exact) mass is 455 g/mol. The van der Waals surface area contributed by atoms with E-state index < -0.39 is 0 Å². The maximum absolute atomic E-state index is 13.0. The number of rotatable bonds is 5. The molecular weight excluding hydrogens is 428 g/mol. The van der Waals surface area contributed by atoms with Gasteiger partial charge in [-0.15, -0.1) is 24.8 Å². The van der Waals surface area contributed by atoms with Crippen molar-refractivity contribution >= 4 is 30.7 Å². The van der Waals surface area contributed by atoms with E-state index in [9.17, 15) is 9.18 Å². The van der Waals surface area contributed by atoms with Crippen LogP contribution in [0.2, 0.25) is 0 Å². The topological polar surface area (TPSA) is 77.2 Å². The summed E-state index contributed by atoms with van der Waals surface area (Å²) >= 11 is 0. The number of hydrogen-bond donors (Lipinski definition) is 2. The average molecular weight is 456 g/mol. The Labute approximate surface area is 188 Å². The van der Waals surface area contributed by atoms with Crippen molar-refractivity contribution in [2.75, 3.05) is 0 Å². The molecule has 1 aromatic carbocycles. The van der Waals surface area contributed by atoms with Gasteiger partial charge in [0, 0.05) is 24.2 Å². The Hall–Kier alpha value is -1.89. The van der Waals surface area contributed by atoms with Crippen molar-refractivity contribution < 1.29 is 13.9 Å². The van der Waals surface area contributed by atoms with Crippen LogP contribution in [0.1, 0.15) is 37.8 Å². The van der Waals surface area contributed by atoms with E-state index in [0.717, 1.165) is 31.4 Å². The van der Waals surface area contributed by atoms with E-state index in [4.69, 9.17) is 10.5 Å². The summed E-state index contributed by atoms with van der Waals surface area (Å²) in [6.07, 6.45) is 6.96. The predicted octanol–water partition coefficient (Wildman–Crippen LogP) is 4.63. The molecule has 2 aliphatic rings. The molecule has 1 amide bonds. The zero-order valence-corrected chi connectivity index (χ0v) is 18.3. The van der Waals surface area contributed by atoms with E-state index in [0.29, 0.717) is 29.9 Å². The lowest BCUT2D eigenvalue weighted by Crippen LogP contribution is -2.49. The first-order valence-corrected chi connectivity index (χ1v) is 10.00. The van der Waals surface area contributed by atoms with Crippen LogP contribution < -0.4 is 15.8 Å². The first-order chi connectivity index (χ1) is 13.6. The summed E-state index contributed by atoms with van der Waals surface area (Å²) in [5.41, 5.74) is 7.05. The van der Waals surface area contributed by atoms with E-state index in [1.165, 1.54) is 18.6 Å². The van der Waals surface area contributed by atoms with Gasteiger partial charge in [0.15, 0.2) is 0 Å². The molecule has 2 saturated carbocycles. The highest BCUT2D eigenvalue weighted by Crippen LogP contribution is 2.41. The summed E-state index contributed by atoms with van der Waals surface area (Å²) in [6.45, 7) is 0.358. The number of halogens is 3. The number of pyridine rings is 1. The second kappa shape index (κ2) is 10.9. The summed E-state index contributed by atoms with van der Waals surface area (Å²) in [7, 11) is 0. The third-order valence-electron chi connectivity index (χ3n) is 6.06. The quantitative estimate of drug-likeness (QED) is 0.688. The highest BCUT2D eigenvalue weighted by Gasteiger charge is 2.40. The summed E-state index contributed by atoms with van der Waals surface area (Å²) in [5.74, 6) is 1.95. The maximum atomic E-state index is 13.0. The Morgan fingerprint density at radius 3 is 2.43 bits per heavy atom. The molecule has 8 heteroatoms. The predicted molar refractivity (Wildman–Crippen MR) is 119 cm³/mol. The number of nitrogens with one attached hydrogen (secondary N) is 1. The van der Waals surface area contributed by atoms with Crippen LogP contribution in [0.25, 0.3) is 0 Å². The molecule has 0 aliphatic heterocycles. The van der Waals surface area contributed by atoms with Crippen molar-refractivity contribution in [3.8, 4) is 11.5 Å². The van der Waals surface area contributed by atoms with Crippen molar-refractivity contribution in [2.45, 2.75) is 44.7 Å². The molecule has 3 N–H and O–H groups in total. The minimum atomic E-state index is -0.307. The van der Waals surface area contributed by atoms with Gasteiger partial charge in [-0.3, -0.25) is 9.78 Å². The second-order valence-electron chi connectivity index (χ2n) is 7.95. The lowest BCUT2D eigenvalue weighted by atomic mass is 9.65.